The molecule has 124 valence electrons. The molecule has 0 saturated heterocycles. The zero-order valence-electron chi connectivity index (χ0n) is 13.5. The maximum Gasteiger partial charge on any atom is 0.269 e. The van der Waals surface area contributed by atoms with Crippen LogP contribution in [0.2, 0.25) is 0 Å². The van der Waals surface area contributed by atoms with Crippen LogP contribution in [0.4, 0.5) is 0 Å². The van der Waals surface area contributed by atoms with E-state index in [9.17, 15) is 9.59 Å². The van der Waals surface area contributed by atoms with Crippen LogP contribution in [0, 0.1) is 0 Å². The van der Waals surface area contributed by atoms with Gasteiger partial charge in [0.25, 0.3) is 5.56 Å². The molecule has 0 aliphatic carbocycles. The number of hydrogen-bond donors (Lipinski definition) is 1. The number of ether oxygens (including phenoxy) is 1. The number of aromatic nitrogens is 1. The number of nitrogens with zero attached hydrogens (tertiary/aromatic N) is 1. The van der Waals surface area contributed by atoms with Crippen molar-refractivity contribution in [3.8, 4) is 5.75 Å². The van der Waals surface area contributed by atoms with Gasteiger partial charge in [-0.25, -0.2) is 0 Å². The first-order chi connectivity index (χ1) is 11.6. The van der Waals surface area contributed by atoms with Gasteiger partial charge >= 0.3 is 0 Å². The molecule has 0 radical (unpaired) electrons. The number of carbonyl (C=O) groups excluding carboxylic acids is 1. The fraction of sp³-hybridized carbons (Fsp3) is 0.222. The summed E-state index contributed by atoms with van der Waals surface area (Å²) < 4.78 is 7.67. The number of benzene rings is 2. The monoisotopic (exact) mass is 342 g/mol. The lowest BCUT2D eigenvalue weighted by Gasteiger charge is -2.13. The van der Waals surface area contributed by atoms with Crippen molar-refractivity contribution in [2.75, 3.05) is 7.11 Å². The molecule has 0 aliphatic rings. The number of carbonyl (C=O) groups is 1. The van der Waals surface area contributed by atoms with Crippen LogP contribution in [0.3, 0.4) is 0 Å². The van der Waals surface area contributed by atoms with E-state index < -0.39 is 6.04 Å². The van der Waals surface area contributed by atoms with Gasteiger partial charge in [0.15, 0.2) is 0 Å². The van der Waals surface area contributed by atoms with Crippen LogP contribution >= 0.6 is 11.5 Å². The second-order valence-electron chi connectivity index (χ2n) is 5.42. The van der Waals surface area contributed by atoms with E-state index in [0.717, 1.165) is 16.0 Å². The molecular weight excluding hydrogens is 324 g/mol. The quantitative estimate of drug-likeness (QED) is 0.775. The topological polar surface area (TPSA) is 60.3 Å². The minimum Gasteiger partial charge on any atom is -0.496 e. The number of para-hydroxylation sites is 1. The van der Waals surface area contributed by atoms with Gasteiger partial charge in [0.2, 0.25) is 5.91 Å². The predicted octanol–water partition coefficient (Wildman–Crippen LogP) is 2.95. The van der Waals surface area contributed by atoms with Crippen molar-refractivity contribution >= 4 is 27.5 Å². The van der Waals surface area contributed by atoms with Gasteiger partial charge in [0.05, 0.1) is 17.2 Å². The predicted molar refractivity (Wildman–Crippen MR) is 95.6 cm³/mol. The third kappa shape index (κ3) is 3.05. The highest BCUT2D eigenvalue weighted by atomic mass is 32.1. The van der Waals surface area contributed by atoms with E-state index in [0.29, 0.717) is 11.9 Å². The van der Waals surface area contributed by atoms with Crippen molar-refractivity contribution in [2.45, 2.75) is 19.5 Å². The number of fused-ring (bicyclic) bond motifs is 1. The fourth-order valence-electron chi connectivity index (χ4n) is 2.53. The van der Waals surface area contributed by atoms with E-state index >= 15 is 0 Å². The summed E-state index contributed by atoms with van der Waals surface area (Å²) in [6.45, 7) is 2.08. The van der Waals surface area contributed by atoms with Crippen LogP contribution in [-0.4, -0.2) is 17.0 Å². The van der Waals surface area contributed by atoms with Gasteiger partial charge in [-0.3, -0.25) is 13.5 Å². The largest absolute Gasteiger partial charge is 0.496 e. The van der Waals surface area contributed by atoms with E-state index in [1.165, 1.54) is 15.5 Å². The Hall–Kier alpha value is -2.60. The molecule has 1 N–H and O–H groups in total. The van der Waals surface area contributed by atoms with E-state index in [-0.39, 0.29) is 11.5 Å². The zero-order valence-corrected chi connectivity index (χ0v) is 14.3. The summed E-state index contributed by atoms with van der Waals surface area (Å²) in [6, 6.07) is 14.3. The van der Waals surface area contributed by atoms with Gasteiger partial charge in [0.1, 0.15) is 11.8 Å². The Morgan fingerprint density at radius 1 is 1.21 bits per heavy atom. The maximum absolute atomic E-state index is 12.4. The summed E-state index contributed by atoms with van der Waals surface area (Å²) >= 11 is 1.31. The summed E-state index contributed by atoms with van der Waals surface area (Å²) in [5, 5.41) is 3.52. The van der Waals surface area contributed by atoms with Crippen LogP contribution in [0.15, 0.2) is 53.3 Å². The fourth-order valence-corrected chi connectivity index (χ4v) is 3.57. The molecule has 1 amide bonds. The molecule has 0 fully saturated rings. The first-order valence-electron chi connectivity index (χ1n) is 7.62. The van der Waals surface area contributed by atoms with Crippen molar-refractivity contribution in [2.24, 2.45) is 0 Å². The molecule has 1 aromatic heterocycles. The second kappa shape index (κ2) is 6.88. The third-order valence-corrected chi connectivity index (χ3v) is 5.12. The average molecular weight is 342 g/mol. The molecule has 0 aliphatic heterocycles. The highest BCUT2D eigenvalue weighted by Crippen LogP contribution is 2.20. The van der Waals surface area contributed by atoms with Gasteiger partial charge in [-0.2, -0.15) is 0 Å². The number of hydrogen-bond acceptors (Lipinski definition) is 4. The highest BCUT2D eigenvalue weighted by Gasteiger charge is 2.19. The minimum absolute atomic E-state index is 0.129. The van der Waals surface area contributed by atoms with Crippen LogP contribution in [0.25, 0.3) is 10.1 Å². The van der Waals surface area contributed by atoms with Gasteiger partial charge in [-0.05, 0) is 25.1 Å². The minimum atomic E-state index is -0.565. The SMILES string of the molecule is COc1ccccc1CNC(=O)[C@@H](C)n1sc2ccccc2c1=O. The van der Waals surface area contributed by atoms with Gasteiger partial charge < -0.3 is 10.1 Å². The normalized spacial score (nSPS) is 12.1. The van der Waals surface area contributed by atoms with Crippen molar-refractivity contribution < 1.29 is 9.53 Å². The number of rotatable bonds is 5. The van der Waals surface area contributed by atoms with Crippen molar-refractivity contribution in [3.05, 3.63) is 64.4 Å². The molecule has 1 atom stereocenters. The Morgan fingerprint density at radius 2 is 1.92 bits per heavy atom. The van der Waals surface area contributed by atoms with Crippen LogP contribution < -0.4 is 15.6 Å². The van der Waals surface area contributed by atoms with Crippen LogP contribution in [0.5, 0.6) is 5.75 Å². The van der Waals surface area contributed by atoms with Crippen LogP contribution in [0.1, 0.15) is 18.5 Å². The summed E-state index contributed by atoms with van der Waals surface area (Å²) in [5.74, 6) is 0.527. The average Bonchev–Trinajstić information content (AvgIpc) is 2.96. The lowest BCUT2D eigenvalue weighted by Crippen LogP contribution is -2.33. The number of nitrogens with one attached hydrogen (secondary N) is 1. The van der Waals surface area contributed by atoms with Gasteiger partial charge in [-0.15, -0.1) is 0 Å². The molecule has 5 nitrogen and oxygen atoms in total. The van der Waals surface area contributed by atoms with E-state index in [2.05, 4.69) is 5.32 Å². The Bertz CT molecular complexity index is 929. The Morgan fingerprint density at radius 3 is 2.67 bits per heavy atom. The molecule has 0 bridgehead atoms. The first-order valence-corrected chi connectivity index (χ1v) is 8.39. The van der Waals surface area contributed by atoms with E-state index in [1.54, 1.807) is 20.1 Å². The highest BCUT2D eigenvalue weighted by molar-refractivity contribution is 7.14. The Balaban J connectivity index is 1.77. The van der Waals surface area contributed by atoms with Gasteiger partial charge in [0, 0.05) is 12.1 Å². The van der Waals surface area contributed by atoms with Crippen molar-refractivity contribution in [1.29, 1.82) is 0 Å². The summed E-state index contributed by atoms with van der Waals surface area (Å²) in [5.41, 5.74) is 0.764. The molecular formula is C18H18N2O3S. The smallest absolute Gasteiger partial charge is 0.269 e. The lowest BCUT2D eigenvalue weighted by atomic mass is 10.2. The van der Waals surface area contributed by atoms with Crippen molar-refractivity contribution in [1.82, 2.24) is 9.27 Å². The standard InChI is InChI=1S/C18H18N2O3S/c1-12(20-18(22)14-8-4-6-10-16(14)24-20)17(21)19-11-13-7-3-5-9-15(13)23-2/h3-10,12H,11H2,1-2H3,(H,19,21)/t12-/m1/s1. The van der Waals surface area contributed by atoms with E-state index in [1.807, 2.05) is 42.5 Å². The summed E-state index contributed by atoms with van der Waals surface area (Å²) in [4.78, 5) is 24.9. The Labute approximate surface area is 143 Å². The lowest BCUT2D eigenvalue weighted by molar-refractivity contribution is -0.123. The molecule has 6 heteroatoms. The second-order valence-corrected chi connectivity index (χ2v) is 6.44. The zero-order chi connectivity index (χ0) is 17.1. The molecule has 0 spiro atoms. The molecule has 3 aromatic rings. The number of amides is 1. The first kappa shape index (κ1) is 16.3. The molecule has 0 saturated carbocycles. The molecule has 0 unspecified atom stereocenters. The van der Waals surface area contributed by atoms with Gasteiger partial charge in [-0.1, -0.05) is 41.9 Å². The molecule has 3 rings (SSSR count). The maximum atomic E-state index is 12.4. The third-order valence-electron chi connectivity index (χ3n) is 3.89. The molecule has 24 heavy (non-hydrogen) atoms. The van der Waals surface area contributed by atoms with E-state index in [4.69, 9.17) is 4.74 Å². The molecule has 1 heterocycles. The molecule has 2 aromatic carbocycles. The van der Waals surface area contributed by atoms with Crippen molar-refractivity contribution in [3.63, 3.8) is 0 Å². The number of methoxy groups -OCH3 is 1. The Kier molecular flexibility index (Phi) is 4.66. The summed E-state index contributed by atoms with van der Waals surface area (Å²) in [6.07, 6.45) is 0. The summed E-state index contributed by atoms with van der Waals surface area (Å²) in [7, 11) is 1.60. The van der Waals surface area contributed by atoms with Crippen LogP contribution in [-0.2, 0) is 11.3 Å².